The fourth-order valence-corrected chi connectivity index (χ4v) is 2.18. The Morgan fingerprint density at radius 2 is 2.21 bits per heavy atom. The van der Waals surface area contributed by atoms with Crippen molar-refractivity contribution in [3.05, 3.63) is 29.3 Å². The minimum atomic E-state index is -0.277. The Morgan fingerprint density at radius 1 is 1.47 bits per heavy atom. The van der Waals surface area contributed by atoms with Gasteiger partial charge in [0.25, 0.3) is 0 Å². The summed E-state index contributed by atoms with van der Waals surface area (Å²) in [5.41, 5.74) is 7.54. The van der Waals surface area contributed by atoms with E-state index in [-0.39, 0.29) is 11.3 Å². The summed E-state index contributed by atoms with van der Waals surface area (Å²) >= 11 is 0. The molecule has 2 rings (SSSR count). The van der Waals surface area contributed by atoms with Crippen LogP contribution in [-0.4, -0.2) is 19.1 Å². The molecule has 1 aromatic carbocycles. The first-order valence-electron chi connectivity index (χ1n) is 6.82. The average molecular weight is 262 g/mol. The molecule has 1 fully saturated rings. The third-order valence-electron chi connectivity index (χ3n) is 3.72. The molecule has 3 N–H and O–H groups in total. The third-order valence-corrected chi connectivity index (χ3v) is 3.72. The van der Waals surface area contributed by atoms with Crippen LogP contribution in [0.1, 0.15) is 30.9 Å². The number of rotatable bonds is 6. The van der Waals surface area contributed by atoms with Crippen LogP contribution in [0.2, 0.25) is 0 Å². The molecule has 0 bridgehead atoms. The molecule has 0 aliphatic heterocycles. The van der Waals surface area contributed by atoms with Crippen LogP contribution in [0.4, 0.5) is 0 Å². The van der Waals surface area contributed by atoms with Gasteiger partial charge in [-0.2, -0.15) is 0 Å². The van der Waals surface area contributed by atoms with Crippen LogP contribution in [0.5, 0.6) is 5.75 Å². The van der Waals surface area contributed by atoms with E-state index in [9.17, 15) is 4.79 Å². The van der Waals surface area contributed by atoms with E-state index in [1.165, 1.54) is 0 Å². The normalized spacial score (nSPS) is 15.9. The van der Waals surface area contributed by atoms with Crippen LogP contribution < -0.4 is 15.8 Å². The molecule has 0 spiro atoms. The van der Waals surface area contributed by atoms with Crippen molar-refractivity contribution in [2.24, 2.45) is 11.1 Å². The molecular formula is C15H22N2O2. The molecule has 0 unspecified atom stereocenters. The highest BCUT2D eigenvalue weighted by molar-refractivity contribution is 5.85. The Hall–Kier alpha value is -1.55. The van der Waals surface area contributed by atoms with E-state index in [0.717, 1.165) is 29.7 Å². The van der Waals surface area contributed by atoms with E-state index in [1.54, 1.807) is 0 Å². The van der Waals surface area contributed by atoms with Crippen molar-refractivity contribution in [2.75, 3.05) is 13.2 Å². The molecule has 4 nitrogen and oxygen atoms in total. The van der Waals surface area contributed by atoms with Crippen LogP contribution in [0.15, 0.2) is 18.2 Å². The monoisotopic (exact) mass is 262 g/mol. The summed E-state index contributed by atoms with van der Waals surface area (Å²) in [6, 6.07) is 5.99. The minimum absolute atomic E-state index is 0.0848. The highest BCUT2D eigenvalue weighted by Crippen LogP contribution is 2.44. The van der Waals surface area contributed by atoms with Gasteiger partial charge >= 0.3 is 0 Å². The first-order valence-corrected chi connectivity index (χ1v) is 6.82. The molecule has 1 saturated carbocycles. The lowest BCUT2D eigenvalue weighted by Gasteiger charge is -2.14. The van der Waals surface area contributed by atoms with Gasteiger partial charge in [0, 0.05) is 13.1 Å². The number of benzene rings is 1. The second kappa shape index (κ2) is 5.61. The number of hydrogen-bond donors (Lipinski definition) is 2. The number of carbonyl (C=O) groups excluding carboxylic acids is 1. The molecule has 0 radical (unpaired) electrons. The summed E-state index contributed by atoms with van der Waals surface area (Å²) in [7, 11) is 0. The first-order chi connectivity index (χ1) is 9.11. The summed E-state index contributed by atoms with van der Waals surface area (Å²) < 4.78 is 5.49. The highest BCUT2D eigenvalue weighted by Gasteiger charge is 2.48. The maximum atomic E-state index is 12.0. The van der Waals surface area contributed by atoms with Crippen LogP contribution in [-0.2, 0) is 11.3 Å². The van der Waals surface area contributed by atoms with Crippen LogP contribution in [0, 0.1) is 12.3 Å². The number of hydrogen-bond acceptors (Lipinski definition) is 3. The second-order valence-corrected chi connectivity index (χ2v) is 5.20. The Balaban J connectivity index is 1.93. The number of nitrogens with one attached hydrogen (secondary N) is 1. The summed E-state index contributed by atoms with van der Waals surface area (Å²) in [6.07, 6.45) is 1.83. The van der Waals surface area contributed by atoms with Gasteiger partial charge in [0.15, 0.2) is 0 Å². The fraction of sp³-hybridized carbons (Fsp3) is 0.533. The van der Waals surface area contributed by atoms with Gasteiger partial charge in [-0.1, -0.05) is 12.1 Å². The summed E-state index contributed by atoms with van der Waals surface area (Å²) in [5, 5.41) is 2.97. The van der Waals surface area contributed by atoms with Crippen molar-refractivity contribution in [1.29, 1.82) is 0 Å². The highest BCUT2D eigenvalue weighted by atomic mass is 16.5. The SMILES string of the molecule is CCOc1ccc(CNC(=O)C2(CN)CC2)cc1C. The van der Waals surface area contributed by atoms with Crippen molar-refractivity contribution < 1.29 is 9.53 Å². The van der Waals surface area contributed by atoms with E-state index < -0.39 is 0 Å². The number of nitrogens with two attached hydrogens (primary N) is 1. The molecule has 1 aliphatic carbocycles. The summed E-state index contributed by atoms with van der Waals surface area (Å²) in [5.74, 6) is 0.986. The molecule has 0 atom stereocenters. The minimum Gasteiger partial charge on any atom is -0.494 e. The summed E-state index contributed by atoms with van der Waals surface area (Å²) in [4.78, 5) is 12.0. The van der Waals surface area contributed by atoms with Crippen molar-refractivity contribution in [2.45, 2.75) is 33.2 Å². The molecule has 1 aliphatic rings. The average Bonchev–Trinajstić information content (AvgIpc) is 3.20. The fourth-order valence-electron chi connectivity index (χ4n) is 2.18. The molecule has 104 valence electrons. The van der Waals surface area contributed by atoms with Crippen molar-refractivity contribution in [1.82, 2.24) is 5.32 Å². The van der Waals surface area contributed by atoms with Gasteiger partial charge in [-0.15, -0.1) is 0 Å². The predicted octanol–water partition coefficient (Wildman–Crippen LogP) is 1.75. The van der Waals surface area contributed by atoms with Gasteiger partial charge in [-0.3, -0.25) is 4.79 Å². The maximum absolute atomic E-state index is 12.0. The molecule has 1 amide bonds. The molecule has 0 saturated heterocycles. The quantitative estimate of drug-likeness (QED) is 0.821. The zero-order valence-electron chi connectivity index (χ0n) is 11.7. The zero-order valence-corrected chi connectivity index (χ0v) is 11.7. The summed E-state index contributed by atoms with van der Waals surface area (Å²) in [6.45, 7) is 5.64. The standard InChI is InChI=1S/C15H22N2O2/c1-3-19-13-5-4-12(8-11(13)2)9-17-14(18)15(10-16)6-7-15/h4-5,8H,3,6-7,9-10,16H2,1-2H3,(H,17,18). The van der Waals surface area contributed by atoms with E-state index >= 15 is 0 Å². The molecule has 1 aromatic rings. The van der Waals surface area contributed by atoms with Crippen LogP contribution in [0.3, 0.4) is 0 Å². The van der Waals surface area contributed by atoms with Gasteiger partial charge in [-0.25, -0.2) is 0 Å². The van der Waals surface area contributed by atoms with Crippen molar-refractivity contribution in [3.8, 4) is 5.75 Å². The third kappa shape index (κ3) is 3.07. The van der Waals surface area contributed by atoms with E-state index in [2.05, 4.69) is 5.32 Å². The van der Waals surface area contributed by atoms with Gasteiger partial charge in [-0.05, 0) is 43.9 Å². The van der Waals surface area contributed by atoms with Crippen molar-refractivity contribution in [3.63, 3.8) is 0 Å². The lowest BCUT2D eigenvalue weighted by Crippen LogP contribution is -2.36. The topological polar surface area (TPSA) is 64.3 Å². The van der Waals surface area contributed by atoms with E-state index in [4.69, 9.17) is 10.5 Å². The van der Waals surface area contributed by atoms with Crippen molar-refractivity contribution >= 4 is 5.91 Å². The number of ether oxygens (including phenoxy) is 1. The van der Waals surface area contributed by atoms with Gasteiger partial charge in [0.1, 0.15) is 5.75 Å². The number of aryl methyl sites for hydroxylation is 1. The van der Waals surface area contributed by atoms with Crippen LogP contribution in [0.25, 0.3) is 0 Å². The zero-order chi connectivity index (χ0) is 13.9. The largest absolute Gasteiger partial charge is 0.494 e. The van der Waals surface area contributed by atoms with Gasteiger partial charge < -0.3 is 15.8 Å². The van der Waals surface area contributed by atoms with E-state index in [0.29, 0.717) is 19.7 Å². The molecule has 19 heavy (non-hydrogen) atoms. The van der Waals surface area contributed by atoms with Crippen LogP contribution >= 0.6 is 0 Å². The molecule has 0 aromatic heterocycles. The first kappa shape index (κ1) is 13.9. The Bertz CT molecular complexity index is 467. The Labute approximate surface area is 114 Å². The van der Waals surface area contributed by atoms with Gasteiger partial charge in [0.2, 0.25) is 5.91 Å². The lowest BCUT2D eigenvalue weighted by molar-refractivity contribution is -0.126. The predicted molar refractivity (Wildman–Crippen MR) is 74.9 cm³/mol. The Morgan fingerprint density at radius 3 is 2.74 bits per heavy atom. The van der Waals surface area contributed by atoms with E-state index in [1.807, 2.05) is 32.0 Å². The molecular weight excluding hydrogens is 240 g/mol. The smallest absolute Gasteiger partial charge is 0.227 e. The van der Waals surface area contributed by atoms with Gasteiger partial charge in [0.05, 0.1) is 12.0 Å². The maximum Gasteiger partial charge on any atom is 0.227 e. The second-order valence-electron chi connectivity index (χ2n) is 5.20. The lowest BCUT2D eigenvalue weighted by atomic mass is 10.1. The number of carbonyl (C=O) groups is 1. The number of amides is 1. The molecule has 0 heterocycles. The molecule has 4 heteroatoms. The Kier molecular flexibility index (Phi) is 4.10.